The van der Waals surface area contributed by atoms with Gasteiger partial charge in [-0.3, -0.25) is 14.5 Å². The van der Waals surface area contributed by atoms with Crippen LogP contribution in [0.3, 0.4) is 0 Å². The van der Waals surface area contributed by atoms with Crippen LogP contribution in [-0.2, 0) is 14.8 Å². The minimum Gasteiger partial charge on any atom is -0.495 e. The third-order valence-electron chi connectivity index (χ3n) is 5.75. The fourth-order valence-electron chi connectivity index (χ4n) is 3.73. The minimum atomic E-state index is -3.80. The van der Waals surface area contributed by atoms with E-state index in [0.29, 0.717) is 31.9 Å². The molecule has 2 fully saturated rings. The first kappa shape index (κ1) is 24.1. The summed E-state index contributed by atoms with van der Waals surface area (Å²) in [5, 5.41) is 2.72. The van der Waals surface area contributed by atoms with Crippen LogP contribution >= 0.6 is 0 Å². The number of hydrogen-bond acceptors (Lipinski definition) is 6. The lowest BCUT2D eigenvalue weighted by Gasteiger charge is -2.34. The maximum atomic E-state index is 13.1. The average Bonchev–Trinajstić information content (AvgIpc) is 3.63. The Morgan fingerprint density at radius 3 is 2.35 bits per heavy atom. The predicted octanol–water partition coefficient (Wildman–Crippen LogP) is 1.67. The molecule has 2 amide bonds. The van der Waals surface area contributed by atoms with Crippen molar-refractivity contribution in [2.24, 2.45) is 0 Å². The molecule has 2 aliphatic rings. The number of ether oxygens (including phenoxy) is 1. The molecule has 2 aromatic rings. The van der Waals surface area contributed by atoms with Gasteiger partial charge < -0.3 is 15.0 Å². The first-order valence-corrected chi connectivity index (χ1v) is 12.5. The van der Waals surface area contributed by atoms with Gasteiger partial charge in [0.05, 0.1) is 13.7 Å². The van der Waals surface area contributed by atoms with Gasteiger partial charge in [-0.25, -0.2) is 17.5 Å². The lowest BCUT2D eigenvalue weighted by molar-refractivity contribution is -0.117. The van der Waals surface area contributed by atoms with Gasteiger partial charge in [0.1, 0.15) is 16.5 Å². The second-order valence-electron chi connectivity index (χ2n) is 8.38. The molecule has 34 heavy (non-hydrogen) atoms. The third kappa shape index (κ3) is 5.91. The van der Waals surface area contributed by atoms with Crippen molar-refractivity contribution in [3.05, 3.63) is 53.8 Å². The van der Waals surface area contributed by atoms with Crippen molar-refractivity contribution in [3.63, 3.8) is 0 Å². The van der Waals surface area contributed by atoms with Gasteiger partial charge in [-0.1, -0.05) is 0 Å². The highest BCUT2D eigenvalue weighted by Crippen LogP contribution is 2.29. The summed E-state index contributed by atoms with van der Waals surface area (Å²) in [6.45, 7) is 1.94. The van der Waals surface area contributed by atoms with E-state index in [1.54, 1.807) is 11.0 Å². The first-order chi connectivity index (χ1) is 16.2. The summed E-state index contributed by atoms with van der Waals surface area (Å²) in [5.41, 5.74) is 0.779. The van der Waals surface area contributed by atoms with Gasteiger partial charge in [-0.15, -0.1) is 0 Å². The molecule has 182 valence electrons. The molecule has 2 N–H and O–H groups in total. The number of anilines is 1. The monoisotopic (exact) mass is 490 g/mol. The number of hydrogen-bond donors (Lipinski definition) is 2. The normalized spacial score (nSPS) is 16.8. The second kappa shape index (κ2) is 10.1. The van der Waals surface area contributed by atoms with Crippen LogP contribution in [0, 0.1) is 5.82 Å². The number of amides is 2. The van der Waals surface area contributed by atoms with Crippen LogP contribution < -0.4 is 14.8 Å². The van der Waals surface area contributed by atoms with Gasteiger partial charge in [-0.05, 0) is 55.3 Å². The number of sulfonamides is 1. The quantitative estimate of drug-likeness (QED) is 0.583. The zero-order valence-electron chi connectivity index (χ0n) is 18.8. The Labute approximate surface area is 197 Å². The van der Waals surface area contributed by atoms with Gasteiger partial charge in [0.25, 0.3) is 5.91 Å². The van der Waals surface area contributed by atoms with E-state index in [0.717, 1.165) is 12.8 Å². The van der Waals surface area contributed by atoms with Crippen LogP contribution in [0.4, 0.5) is 10.1 Å². The van der Waals surface area contributed by atoms with Crippen molar-refractivity contribution in [2.45, 2.75) is 23.8 Å². The molecule has 1 saturated heterocycles. The Morgan fingerprint density at radius 1 is 1.06 bits per heavy atom. The molecule has 0 radical (unpaired) electrons. The highest BCUT2D eigenvalue weighted by Gasteiger charge is 2.31. The summed E-state index contributed by atoms with van der Waals surface area (Å²) in [7, 11) is -2.41. The SMILES string of the molecule is COc1ccc(C(=O)N2CCN(CC(=O)Nc3ccc(F)cc3)CC2)cc1S(=O)(=O)NC1CC1. The lowest BCUT2D eigenvalue weighted by atomic mass is 10.1. The Hall–Kier alpha value is -3.02. The Kier molecular flexibility index (Phi) is 7.15. The van der Waals surface area contributed by atoms with E-state index in [1.165, 1.54) is 43.5 Å². The molecule has 1 aliphatic heterocycles. The summed E-state index contributed by atoms with van der Waals surface area (Å²) in [4.78, 5) is 28.8. The average molecular weight is 491 g/mol. The molecule has 2 aromatic carbocycles. The van der Waals surface area contributed by atoms with Crippen LogP contribution in [0.25, 0.3) is 0 Å². The van der Waals surface area contributed by atoms with Crippen molar-refractivity contribution in [1.82, 2.24) is 14.5 Å². The number of nitrogens with one attached hydrogen (secondary N) is 2. The Morgan fingerprint density at radius 2 is 1.74 bits per heavy atom. The van der Waals surface area contributed by atoms with Crippen molar-refractivity contribution in [2.75, 3.05) is 45.2 Å². The van der Waals surface area contributed by atoms with Crippen molar-refractivity contribution in [1.29, 1.82) is 0 Å². The first-order valence-electron chi connectivity index (χ1n) is 11.0. The topological polar surface area (TPSA) is 108 Å². The largest absolute Gasteiger partial charge is 0.495 e. The van der Waals surface area contributed by atoms with Gasteiger partial charge >= 0.3 is 0 Å². The number of methoxy groups -OCH3 is 1. The van der Waals surface area contributed by atoms with Crippen molar-refractivity contribution in [3.8, 4) is 5.75 Å². The smallest absolute Gasteiger partial charge is 0.253 e. The van der Waals surface area contributed by atoms with Crippen molar-refractivity contribution < 1.29 is 27.1 Å². The maximum absolute atomic E-state index is 13.1. The fraction of sp³-hybridized carbons (Fsp3) is 0.391. The second-order valence-corrected chi connectivity index (χ2v) is 10.1. The minimum absolute atomic E-state index is 0.0520. The highest BCUT2D eigenvalue weighted by molar-refractivity contribution is 7.89. The maximum Gasteiger partial charge on any atom is 0.253 e. The summed E-state index contributed by atoms with van der Waals surface area (Å²) < 4.78 is 46.3. The van der Waals surface area contributed by atoms with Crippen LogP contribution in [0.2, 0.25) is 0 Å². The number of benzene rings is 2. The summed E-state index contributed by atoms with van der Waals surface area (Å²) in [5.74, 6) is -0.693. The number of halogens is 1. The Balaban J connectivity index is 1.35. The summed E-state index contributed by atoms with van der Waals surface area (Å²) in [6, 6.07) is 9.87. The molecule has 4 rings (SSSR count). The van der Waals surface area contributed by atoms with E-state index in [2.05, 4.69) is 10.0 Å². The van der Waals surface area contributed by atoms with E-state index in [4.69, 9.17) is 4.74 Å². The zero-order valence-corrected chi connectivity index (χ0v) is 19.6. The van der Waals surface area contributed by atoms with Gasteiger partial charge in [-0.2, -0.15) is 0 Å². The number of carbonyl (C=O) groups is 2. The molecule has 1 saturated carbocycles. The van der Waals surface area contributed by atoms with E-state index in [9.17, 15) is 22.4 Å². The molecular weight excluding hydrogens is 463 g/mol. The molecule has 0 unspecified atom stereocenters. The molecule has 1 heterocycles. The van der Waals surface area contributed by atoms with E-state index in [-0.39, 0.29) is 46.4 Å². The van der Waals surface area contributed by atoms with E-state index < -0.39 is 10.0 Å². The molecule has 0 spiro atoms. The molecule has 0 aromatic heterocycles. The van der Waals surface area contributed by atoms with E-state index in [1.807, 2.05) is 4.90 Å². The molecule has 1 aliphatic carbocycles. The van der Waals surface area contributed by atoms with Crippen LogP contribution in [0.5, 0.6) is 5.75 Å². The summed E-state index contributed by atoms with van der Waals surface area (Å²) in [6.07, 6.45) is 1.60. The standard InChI is InChI=1S/C23H27FN4O5S/c1-33-20-9-2-16(14-21(20)34(31,32)26-19-7-8-19)23(30)28-12-10-27(11-13-28)15-22(29)25-18-5-3-17(24)4-6-18/h2-6,9,14,19,26H,7-8,10-13,15H2,1H3,(H,25,29). The number of rotatable bonds is 8. The highest BCUT2D eigenvalue weighted by atomic mass is 32.2. The van der Waals surface area contributed by atoms with E-state index >= 15 is 0 Å². The lowest BCUT2D eigenvalue weighted by Crippen LogP contribution is -2.50. The fourth-order valence-corrected chi connectivity index (χ4v) is 5.23. The van der Waals surface area contributed by atoms with Gasteiger partial charge in [0.2, 0.25) is 15.9 Å². The number of carbonyl (C=O) groups excluding carboxylic acids is 2. The number of piperazine rings is 1. The van der Waals surface area contributed by atoms with Crippen molar-refractivity contribution >= 4 is 27.5 Å². The molecule has 0 bridgehead atoms. The summed E-state index contributed by atoms with van der Waals surface area (Å²) >= 11 is 0. The molecule has 9 nitrogen and oxygen atoms in total. The number of nitrogens with zero attached hydrogens (tertiary/aromatic N) is 2. The van der Waals surface area contributed by atoms with Crippen LogP contribution in [-0.4, -0.2) is 75.9 Å². The van der Waals surface area contributed by atoms with Crippen LogP contribution in [0.15, 0.2) is 47.4 Å². The Bertz CT molecular complexity index is 1160. The molecular formula is C23H27FN4O5S. The predicted molar refractivity (Wildman–Crippen MR) is 124 cm³/mol. The van der Waals surface area contributed by atoms with Gasteiger partial charge in [0, 0.05) is 43.5 Å². The van der Waals surface area contributed by atoms with Gasteiger partial charge in [0.15, 0.2) is 0 Å². The van der Waals surface area contributed by atoms with Crippen LogP contribution in [0.1, 0.15) is 23.2 Å². The zero-order chi connectivity index (χ0) is 24.3. The third-order valence-corrected chi connectivity index (χ3v) is 7.30. The molecule has 0 atom stereocenters. The molecule has 11 heteroatoms.